The molecule has 0 aromatic carbocycles. The largest absolute Gasteiger partial charge is 0.502 e. The average Bonchev–Trinajstić information content (AvgIpc) is 2.62. The average molecular weight is 345 g/mol. The zero-order valence-corrected chi connectivity index (χ0v) is 14.1. The van der Waals surface area contributed by atoms with Gasteiger partial charge in [-0.25, -0.2) is 9.78 Å². The summed E-state index contributed by atoms with van der Waals surface area (Å²) in [5, 5.41) is 24.0. The highest BCUT2D eigenvalue weighted by atomic mass is 16.5. The first kappa shape index (κ1) is 18.3. The molecule has 8 heteroatoms. The molecule has 2 aromatic heterocycles. The van der Waals surface area contributed by atoms with E-state index >= 15 is 0 Å². The molecule has 8 nitrogen and oxygen atoms in total. The first-order chi connectivity index (χ1) is 12.1. The number of aromatic hydroxyl groups is 1. The Morgan fingerprint density at radius 1 is 1.48 bits per heavy atom. The number of nitrogens with zero attached hydrogens (tertiary/aromatic N) is 3. The van der Waals surface area contributed by atoms with Crippen LogP contribution in [0.1, 0.15) is 23.7 Å². The Bertz CT molecular complexity index is 763. The number of nitrogens with one attached hydrogen (secondary N) is 1. The molecule has 0 fully saturated rings. The van der Waals surface area contributed by atoms with Gasteiger partial charge in [-0.15, -0.1) is 0 Å². The Morgan fingerprint density at radius 2 is 2.28 bits per heavy atom. The number of rotatable bonds is 7. The van der Waals surface area contributed by atoms with Gasteiger partial charge in [0, 0.05) is 13.1 Å². The van der Waals surface area contributed by atoms with E-state index < -0.39 is 5.97 Å². The molecule has 3 N–H and O–H groups in total. The van der Waals surface area contributed by atoms with E-state index in [-0.39, 0.29) is 25.5 Å². The van der Waals surface area contributed by atoms with Crippen molar-refractivity contribution in [1.29, 1.82) is 0 Å². The van der Waals surface area contributed by atoms with Crippen LogP contribution in [0.3, 0.4) is 0 Å². The van der Waals surface area contributed by atoms with Crippen LogP contribution < -0.4 is 9.99 Å². The fourth-order valence-electron chi connectivity index (χ4n) is 2.21. The van der Waals surface area contributed by atoms with Crippen LogP contribution in [0.5, 0.6) is 5.75 Å². The lowest BCUT2D eigenvalue weighted by Gasteiger charge is -2.09. The maximum absolute atomic E-state index is 11.7. The normalized spacial score (nSPS) is 10.8. The summed E-state index contributed by atoms with van der Waals surface area (Å²) in [6.07, 6.45) is 4.62. The highest BCUT2D eigenvalue weighted by Gasteiger charge is 2.22. The fourth-order valence-corrected chi connectivity index (χ4v) is 2.21. The van der Waals surface area contributed by atoms with Crippen LogP contribution in [0, 0.1) is 6.92 Å². The van der Waals surface area contributed by atoms with E-state index in [4.69, 9.17) is 4.74 Å². The van der Waals surface area contributed by atoms with Crippen molar-refractivity contribution in [3.63, 3.8) is 0 Å². The van der Waals surface area contributed by atoms with Crippen molar-refractivity contribution in [3.8, 4) is 5.75 Å². The summed E-state index contributed by atoms with van der Waals surface area (Å²) < 4.78 is 6.44. The molecule has 132 valence electrons. The van der Waals surface area contributed by atoms with Crippen LogP contribution in [-0.2, 0) is 22.7 Å². The van der Waals surface area contributed by atoms with Gasteiger partial charge >= 0.3 is 5.97 Å². The van der Waals surface area contributed by atoms with Crippen molar-refractivity contribution >= 4 is 18.0 Å². The zero-order valence-electron chi connectivity index (χ0n) is 14.1. The molecule has 25 heavy (non-hydrogen) atoms. The second-order valence-corrected chi connectivity index (χ2v) is 5.18. The third-order valence-corrected chi connectivity index (χ3v) is 3.50. The van der Waals surface area contributed by atoms with Gasteiger partial charge in [-0.05, 0) is 19.1 Å². The minimum absolute atomic E-state index is 0.0517. The summed E-state index contributed by atoms with van der Waals surface area (Å²) >= 11 is 0. The number of pyridine rings is 2. The first-order valence-electron chi connectivity index (χ1n) is 7.78. The van der Waals surface area contributed by atoms with Crippen molar-refractivity contribution in [1.82, 2.24) is 4.98 Å². The Kier molecular flexibility index (Phi) is 6.41. The van der Waals surface area contributed by atoms with Gasteiger partial charge in [-0.3, -0.25) is 5.43 Å². The van der Waals surface area contributed by atoms with Gasteiger partial charge in [0.15, 0.2) is 11.9 Å². The molecular weight excluding hydrogens is 324 g/mol. The Hall–Kier alpha value is -3.00. The Balaban J connectivity index is 2.26. The van der Waals surface area contributed by atoms with E-state index in [2.05, 4.69) is 15.5 Å². The number of carbonyl (C=O) groups is 1. The fraction of sp³-hybridized carbons (Fsp3) is 0.294. The second kappa shape index (κ2) is 8.74. The van der Waals surface area contributed by atoms with Crippen molar-refractivity contribution in [2.75, 3.05) is 12.0 Å². The lowest BCUT2D eigenvalue weighted by atomic mass is 10.1. The number of anilines is 1. The molecule has 0 saturated heterocycles. The molecule has 2 heterocycles. The lowest BCUT2D eigenvalue weighted by Crippen LogP contribution is -2.42. The van der Waals surface area contributed by atoms with Crippen LogP contribution in [0.4, 0.5) is 5.82 Å². The van der Waals surface area contributed by atoms with Crippen LogP contribution >= 0.6 is 0 Å². The molecule has 0 unspecified atom stereocenters. The molecule has 0 bridgehead atoms. The Labute approximate surface area is 145 Å². The minimum Gasteiger partial charge on any atom is -0.502 e. The van der Waals surface area contributed by atoms with Gasteiger partial charge < -0.3 is 14.9 Å². The monoisotopic (exact) mass is 345 g/mol. The van der Waals surface area contributed by atoms with Crippen LogP contribution in [-0.4, -0.2) is 34.0 Å². The summed E-state index contributed by atoms with van der Waals surface area (Å²) in [5.74, 6) is 0.0633. The summed E-state index contributed by atoms with van der Waals surface area (Å²) in [4.78, 5) is 15.7. The van der Waals surface area contributed by atoms with Crippen molar-refractivity contribution in [3.05, 3.63) is 47.4 Å². The van der Waals surface area contributed by atoms with Crippen molar-refractivity contribution in [2.24, 2.45) is 5.10 Å². The number of aromatic nitrogens is 2. The number of hydrazone groups is 1. The van der Waals surface area contributed by atoms with Gasteiger partial charge in [0.1, 0.15) is 5.82 Å². The van der Waals surface area contributed by atoms with Crippen LogP contribution in [0.15, 0.2) is 35.7 Å². The molecule has 2 rings (SSSR count). The van der Waals surface area contributed by atoms with Gasteiger partial charge in [0.2, 0.25) is 12.2 Å². The summed E-state index contributed by atoms with van der Waals surface area (Å²) in [7, 11) is 0. The zero-order chi connectivity index (χ0) is 18.2. The first-order valence-corrected chi connectivity index (χ1v) is 7.78. The highest BCUT2D eigenvalue weighted by Crippen LogP contribution is 2.21. The number of aliphatic hydroxyl groups is 1. The SMILES string of the molecule is CCOC(=O)C[n+]1cc(CO)c(/C=N/Nc2ccccn2)c(O)c1C. The van der Waals surface area contributed by atoms with Crippen molar-refractivity contribution < 1.29 is 24.3 Å². The standard InChI is InChI=1S/C17H20N4O4/c1-3-25-16(23)10-21-9-13(11-22)14(17(24)12(21)2)8-19-20-15-6-4-5-7-18-15/h4-9,22,24H,3,10-11H2,1-2H3/p+1. The number of aliphatic hydroxyl groups excluding tert-OH is 1. The van der Waals surface area contributed by atoms with E-state index in [1.165, 1.54) is 10.8 Å². The predicted molar refractivity (Wildman–Crippen MR) is 91.0 cm³/mol. The molecule has 0 aliphatic heterocycles. The number of hydrogen-bond donors (Lipinski definition) is 3. The van der Waals surface area contributed by atoms with E-state index in [1.807, 2.05) is 6.07 Å². The van der Waals surface area contributed by atoms with Gasteiger partial charge in [-0.2, -0.15) is 9.67 Å². The second-order valence-electron chi connectivity index (χ2n) is 5.18. The van der Waals surface area contributed by atoms with Crippen LogP contribution in [0.25, 0.3) is 0 Å². The topological polar surface area (TPSA) is 108 Å². The Morgan fingerprint density at radius 3 is 2.92 bits per heavy atom. The predicted octanol–water partition coefficient (Wildman–Crippen LogP) is 0.885. The minimum atomic E-state index is -0.419. The maximum Gasteiger partial charge on any atom is 0.372 e. The van der Waals surface area contributed by atoms with E-state index in [0.717, 1.165) is 0 Å². The summed E-state index contributed by atoms with van der Waals surface area (Å²) in [5.41, 5.74) is 4.00. The quantitative estimate of drug-likeness (QED) is 0.298. The molecule has 0 saturated carbocycles. The van der Waals surface area contributed by atoms with E-state index in [9.17, 15) is 15.0 Å². The molecule has 0 atom stereocenters. The maximum atomic E-state index is 11.7. The van der Waals surface area contributed by atoms with Gasteiger partial charge in [0.05, 0.1) is 30.6 Å². The molecule has 0 amide bonds. The van der Waals surface area contributed by atoms with Gasteiger partial charge in [-0.1, -0.05) is 6.07 Å². The van der Waals surface area contributed by atoms with E-state index in [0.29, 0.717) is 22.6 Å². The lowest BCUT2D eigenvalue weighted by molar-refractivity contribution is -0.692. The molecular formula is C17H21N4O4+. The number of hydrogen-bond acceptors (Lipinski definition) is 7. The van der Waals surface area contributed by atoms with E-state index in [1.54, 1.807) is 38.4 Å². The summed E-state index contributed by atoms with van der Waals surface area (Å²) in [6, 6.07) is 5.34. The molecule has 0 aliphatic rings. The molecule has 0 spiro atoms. The number of ether oxygens (including phenoxy) is 1. The summed E-state index contributed by atoms with van der Waals surface area (Å²) in [6.45, 7) is 3.30. The number of carbonyl (C=O) groups excluding carboxylic acids is 1. The third-order valence-electron chi connectivity index (χ3n) is 3.50. The molecule has 0 radical (unpaired) electrons. The molecule has 2 aromatic rings. The van der Waals surface area contributed by atoms with Crippen LogP contribution in [0.2, 0.25) is 0 Å². The highest BCUT2D eigenvalue weighted by molar-refractivity contribution is 5.85. The smallest absolute Gasteiger partial charge is 0.372 e. The third kappa shape index (κ3) is 4.74. The number of esters is 1. The van der Waals surface area contributed by atoms with Gasteiger partial charge in [0.25, 0.3) is 0 Å². The van der Waals surface area contributed by atoms with Crippen molar-refractivity contribution in [2.45, 2.75) is 27.0 Å². The molecule has 0 aliphatic carbocycles.